The second kappa shape index (κ2) is 7.42. The van der Waals surface area contributed by atoms with Crippen molar-refractivity contribution in [3.8, 4) is 0 Å². The molecule has 1 aromatic carbocycles. The Bertz CT molecular complexity index is 269. The smallest absolute Gasteiger partial charge is 0.0291 e. The first-order valence-corrected chi connectivity index (χ1v) is 6.13. The van der Waals surface area contributed by atoms with Gasteiger partial charge in [0.15, 0.2) is 0 Å². The van der Waals surface area contributed by atoms with Gasteiger partial charge in [0.2, 0.25) is 0 Å². The molecule has 0 aliphatic carbocycles. The molecule has 1 atom stereocenters. The quantitative estimate of drug-likeness (QED) is 0.711. The Labute approximate surface area is 99.7 Å². The van der Waals surface area contributed by atoms with Gasteiger partial charge >= 0.3 is 0 Å². The lowest BCUT2D eigenvalue weighted by molar-refractivity contribution is 0.389. The summed E-state index contributed by atoms with van der Waals surface area (Å²) in [5.74, 6) is 0. The molecular weight excluding hydrogens is 196 g/mol. The van der Waals surface area contributed by atoms with E-state index in [2.05, 4.69) is 61.6 Å². The fourth-order valence-electron chi connectivity index (χ4n) is 1.73. The topological polar surface area (TPSA) is 15.3 Å². The molecule has 0 bridgehead atoms. The molecule has 1 aromatic rings. The molecule has 0 aliphatic heterocycles. The van der Waals surface area contributed by atoms with E-state index >= 15 is 0 Å². The van der Waals surface area contributed by atoms with E-state index < -0.39 is 0 Å². The highest BCUT2D eigenvalue weighted by atomic mass is 15.0. The van der Waals surface area contributed by atoms with Crippen LogP contribution in [0.15, 0.2) is 30.3 Å². The van der Waals surface area contributed by atoms with Crippen LogP contribution in [0.2, 0.25) is 0 Å². The van der Waals surface area contributed by atoms with Crippen molar-refractivity contribution in [3.63, 3.8) is 0 Å². The van der Waals surface area contributed by atoms with Crippen LogP contribution < -0.4 is 5.32 Å². The highest BCUT2D eigenvalue weighted by molar-refractivity contribution is 5.17. The molecule has 0 saturated carbocycles. The van der Waals surface area contributed by atoms with E-state index in [4.69, 9.17) is 0 Å². The van der Waals surface area contributed by atoms with Crippen LogP contribution in [0.5, 0.6) is 0 Å². The Morgan fingerprint density at radius 3 is 2.44 bits per heavy atom. The first kappa shape index (κ1) is 13.2. The standard InChI is InChI=1S/C14H24N2/c1-13(14-9-5-4-6-10-14)15-11-7-8-12-16(2)3/h4-6,9-10,13,15H,7-8,11-12H2,1-3H3. The summed E-state index contributed by atoms with van der Waals surface area (Å²) < 4.78 is 0. The summed E-state index contributed by atoms with van der Waals surface area (Å²) in [4.78, 5) is 2.24. The van der Waals surface area contributed by atoms with Crippen molar-refractivity contribution in [2.75, 3.05) is 27.2 Å². The van der Waals surface area contributed by atoms with Crippen molar-refractivity contribution in [2.24, 2.45) is 0 Å². The van der Waals surface area contributed by atoms with Crippen LogP contribution in [-0.4, -0.2) is 32.1 Å². The number of unbranched alkanes of at least 4 members (excludes halogenated alkanes) is 1. The molecule has 0 radical (unpaired) electrons. The molecule has 0 aromatic heterocycles. The van der Waals surface area contributed by atoms with Crippen molar-refractivity contribution < 1.29 is 0 Å². The first-order valence-electron chi connectivity index (χ1n) is 6.13. The fourth-order valence-corrected chi connectivity index (χ4v) is 1.73. The molecule has 2 heteroatoms. The van der Waals surface area contributed by atoms with Gasteiger partial charge in [-0.1, -0.05) is 30.3 Å². The number of benzene rings is 1. The predicted molar refractivity (Wildman–Crippen MR) is 70.6 cm³/mol. The van der Waals surface area contributed by atoms with Crippen LogP contribution in [0, 0.1) is 0 Å². The summed E-state index contributed by atoms with van der Waals surface area (Å²) in [5.41, 5.74) is 1.37. The fraction of sp³-hybridized carbons (Fsp3) is 0.571. The average molecular weight is 220 g/mol. The summed E-state index contributed by atoms with van der Waals surface area (Å²) in [5, 5.41) is 3.55. The predicted octanol–water partition coefficient (Wildman–Crippen LogP) is 2.68. The molecule has 1 unspecified atom stereocenters. The monoisotopic (exact) mass is 220 g/mol. The van der Waals surface area contributed by atoms with E-state index in [1.165, 1.54) is 24.9 Å². The maximum absolute atomic E-state index is 3.55. The minimum absolute atomic E-state index is 0.459. The normalized spacial score (nSPS) is 13.0. The number of nitrogens with zero attached hydrogens (tertiary/aromatic N) is 1. The zero-order chi connectivity index (χ0) is 11.8. The van der Waals surface area contributed by atoms with Gasteiger partial charge in [-0.3, -0.25) is 0 Å². The number of rotatable bonds is 7. The molecule has 0 heterocycles. The van der Waals surface area contributed by atoms with Gasteiger partial charge in [-0.05, 0) is 52.5 Å². The van der Waals surface area contributed by atoms with Gasteiger partial charge in [-0.25, -0.2) is 0 Å². The van der Waals surface area contributed by atoms with Crippen LogP contribution in [0.3, 0.4) is 0 Å². The lowest BCUT2D eigenvalue weighted by Crippen LogP contribution is -2.21. The largest absolute Gasteiger partial charge is 0.310 e. The third kappa shape index (κ3) is 5.29. The molecular formula is C14H24N2. The van der Waals surface area contributed by atoms with Crippen LogP contribution in [0.1, 0.15) is 31.4 Å². The lowest BCUT2D eigenvalue weighted by Gasteiger charge is -2.14. The molecule has 16 heavy (non-hydrogen) atoms. The lowest BCUT2D eigenvalue weighted by atomic mass is 10.1. The molecule has 0 saturated heterocycles. The Morgan fingerprint density at radius 2 is 1.81 bits per heavy atom. The van der Waals surface area contributed by atoms with Gasteiger partial charge in [-0.15, -0.1) is 0 Å². The minimum Gasteiger partial charge on any atom is -0.310 e. The molecule has 90 valence electrons. The summed E-state index contributed by atoms with van der Waals surface area (Å²) >= 11 is 0. The zero-order valence-electron chi connectivity index (χ0n) is 10.7. The van der Waals surface area contributed by atoms with E-state index in [9.17, 15) is 0 Å². The van der Waals surface area contributed by atoms with E-state index in [-0.39, 0.29) is 0 Å². The minimum atomic E-state index is 0.459. The van der Waals surface area contributed by atoms with Gasteiger partial charge in [0.1, 0.15) is 0 Å². The highest BCUT2D eigenvalue weighted by Crippen LogP contribution is 2.10. The molecule has 0 spiro atoms. The van der Waals surface area contributed by atoms with Crippen LogP contribution in [0.4, 0.5) is 0 Å². The van der Waals surface area contributed by atoms with Crippen molar-refractivity contribution in [3.05, 3.63) is 35.9 Å². The van der Waals surface area contributed by atoms with Crippen molar-refractivity contribution in [2.45, 2.75) is 25.8 Å². The second-order valence-electron chi connectivity index (χ2n) is 4.60. The van der Waals surface area contributed by atoms with Gasteiger partial charge in [0, 0.05) is 6.04 Å². The molecule has 0 aliphatic rings. The van der Waals surface area contributed by atoms with E-state index in [1.54, 1.807) is 0 Å². The summed E-state index contributed by atoms with van der Waals surface area (Å²) in [6.07, 6.45) is 2.51. The Kier molecular flexibility index (Phi) is 6.12. The molecule has 1 rings (SSSR count). The Balaban J connectivity index is 2.14. The molecule has 2 nitrogen and oxygen atoms in total. The first-order chi connectivity index (χ1) is 7.70. The van der Waals surface area contributed by atoms with E-state index in [0.29, 0.717) is 6.04 Å². The van der Waals surface area contributed by atoms with Gasteiger partial charge in [-0.2, -0.15) is 0 Å². The summed E-state index contributed by atoms with van der Waals surface area (Å²) in [6.45, 7) is 4.51. The zero-order valence-corrected chi connectivity index (χ0v) is 10.7. The Morgan fingerprint density at radius 1 is 1.12 bits per heavy atom. The Hall–Kier alpha value is -0.860. The van der Waals surface area contributed by atoms with Crippen LogP contribution >= 0.6 is 0 Å². The highest BCUT2D eigenvalue weighted by Gasteiger charge is 2.02. The molecule has 0 amide bonds. The van der Waals surface area contributed by atoms with Crippen molar-refractivity contribution in [1.82, 2.24) is 10.2 Å². The van der Waals surface area contributed by atoms with Crippen LogP contribution in [-0.2, 0) is 0 Å². The maximum Gasteiger partial charge on any atom is 0.0291 e. The maximum atomic E-state index is 3.55. The third-order valence-electron chi connectivity index (χ3n) is 2.78. The van der Waals surface area contributed by atoms with Crippen molar-refractivity contribution >= 4 is 0 Å². The number of nitrogens with one attached hydrogen (secondary N) is 1. The SMILES string of the molecule is CC(NCCCCN(C)C)c1ccccc1. The summed E-state index contributed by atoms with van der Waals surface area (Å²) in [7, 11) is 4.25. The second-order valence-corrected chi connectivity index (χ2v) is 4.60. The summed E-state index contributed by atoms with van der Waals surface area (Å²) in [6, 6.07) is 11.1. The van der Waals surface area contributed by atoms with E-state index in [1.807, 2.05) is 0 Å². The molecule has 0 fully saturated rings. The van der Waals surface area contributed by atoms with Crippen molar-refractivity contribution in [1.29, 1.82) is 0 Å². The molecule has 1 N–H and O–H groups in total. The van der Waals surface area contributed by atoms with Gasteiger partial charge < -0.3 is 10.2 Å². The van der Waals surface area contributed by atoms with Gasteiger partial charge in [0.25, 0.3) is 0 Å². The average Bonchev–Trinajstić information content (AvgIpc) is 2.29. The number of hydrogen-bond acceptors (Lipinski definition) is 2. The third-order valence-corrected chi connectivity index (χ3v) is 2.78. The van der Waals surface area contributed by atoms with Crippen LogP contribution in [0.25, 0.3) is 0 Å². The number of hydrogen-bond donors (Lipinski definition) is 1. The van der Waals surface area contributed by atoms with E-state index in [0.717, 1.165) is 6.54 Å². The van der Waals surface area contributed by atoms with Gasteiger partial charge in [0.05, 0.1) is 0 Å².